The highest BCUT2D eigenvalue weighted by Crippen LogP contribution is 2.07. The van der Waals surface area contributed by atoms with Crippen LogP contribution in [0.5, 0.6) is 0 Å². The molecule has 0 saturated carbocycles. The molecular formula is C17H28N4O2. The van der Waals surface area contributed by atoms with Gasteiger partial charge in [-0.05, 0) is 30.5 Å². The third-order valence-electron chi connectivity index (χ3n) is 3.30. The molecule has 0 bridgehead atoms. The first kappa shape index (κ1) is 19.0. The van der Waals surface area contributed by atoms with Gasteiger partial charge >= 0.3 is 0 Å². The van der Waals surface area contributed by atoms with Crippen molar-refractivity contribution in [2.75, 3.05) is 33.8 Å². The van der Waals surface area contributed by atoms with Crippen molar-refractivity contribution in [1.82, 2.24) is 15.5 Å². The summed E-state index contributed by atoms with van der Waals surface area (Å²) in [5.74, 6) is 0.893. The Kier molecular flexibility index (Phi) is 8.11. The molecule has 6 nitrogen and oxygen atoms in total. The zero-order valence-electron chi connectivity index (χ0n) is 14.5. The van der Waals surface area contributed by atoms with E-state index in [1.807, 2.05) is 38.1 Å². The molecule has 0 spiro atoms. The summed E-state index contributed by atoms with van der Waals surface area (Å²) in [7, 11) is 3.48. The maximum absolute atomic E-state index is 11.8. The second-order valence-electron chi connectivity index (χ2n) is 5.76. The Labute approximate surface area is 138 Å². The highest BCUT2D eigenvalue weighted by Gasteiger charge is 2.07. The molecule has 3 N–H and O–H groups in total. The fraction of sp³-hybridized carbons (Fsp3) is 0.529. The SMILES string of the molecule is CCNC(=NCc1ccc(C(=O)N(C)C)cc1)NCC(C)CO. The van der Waals surface area contributed by atoms with Crippen molar-refractivity contribution in [3.05, 3.63) is 35.4 Å². The Morgan fingerprint density at radius 2 is 1.91 bits per heavy atom. The lowest BCUT2D eigenvalue weighted by atomic mass is 10.1. The van der Waals surface area contributed by atoms with Crippen molar-refractivity contribution in [1.29, 1.82) is 0 Å². The van der Waals surface area contributed by atoms with Crippen LogP contribution >= 0.6 is 0 Å². The van der Waals surface area contributed by atoms with Crippen LogP contribution in [0.4, 0.5) is 0 Å². The highest BCUT2D eigenvalue weighted by molar-refractivity contribution is 5.93. The van der Waals surface area contributed by atoms with Crippen LogP contribution in [0.25, 0.3) is 0 Å². The van der Waals surface area contributed by atoms with E-state index < -0.39 is 0 Å². The third-order valence-corrected chi connectivity index (χ3v) is 3.30. The summed E-state index contributed by atoms with van der Waals surface area (Å²) in [6.07, 6.45) is 0. The summed E-state index contributed by atoms with van der Waals surface area (Å²) in [5.41, 5.74) is 1.71. The summed E-state index contributed by atoms with van der Waals surface area (Å²) >= 11 is 0. The quantitative estimate of drug-likeness (QED) is 0.519. The molecule has 128 valence electrons. The Bertz CT molecular complexity index is 512. The van der Waals surface area contributed by atoms with Crippen LogP contribution in [0.15, 0.2) is 29.3 Å². The number of rotatable bonds is 7. The summed E-state index contributed by atoms with van der Waals surface area (Å²) < 4.78 is 0. The van der Waals surface area contributed by atoms with E-state index in [2.05, 4.69) is 15.6 Å². The monoisotopic (exact) mass is 320 g/mol. The minimum Gasteiger partial charge on any atom is -0.396 e. The molecule has 0 heterocycles. The number of benzene rings is 1. The fourth-order valence-corrected chi connectivity index (χ4v) is 1.86. The van der Waals surface area contributed by atoms with Gasteiger partial charge in [-0.3, -0.25) is 4.79 Å². The number of guanidine groups is 1. The smallest absolute Gasteiger partial charge is 0.253 e. The summed E-state index contributed by atoms with van der Waals surface area (Å²) in [6, 6.07) is 7.48. The number of amides is 1. The van der Waals surface area contributed by atoms with Crippen molar-refractivity contribution in [2.45, 2.75) is 20.4 Å². The number of carbonyl (C=O) groups excluding carboxylic acids is 1. The van der Waals surface area contributed by atoms with Gasteiger partial charge in [0.05, 0.1) is 6.54 Å². The molecule has 1 rings (SSSR count). The Hall–Kier alpha value is -2.08. The van der Waals surface area contributed by atoms with Gasteiger partial charge in [-0.2, -0.15) is 0 Å². The van der Waals surface area contributed by atoms with Crippen LogP contribution < -0.4 is 10.6 Å². The van der Waals surface area contributed by atoms with Gasteiger partial charge < -0.3 is 20.6 Å². The van der Waals surface area contributed by atoms with Crippen LogP contribution in [0.1, 0.15) is 29.8 Å². The Balaban J connectivity index is 2.66. The average Bonchev–Trinajstić information content (AvgIpc) is 2.56. The number of aliphatic imine (C=N–C) groups is 1. The molecule has 0 fully saturated rings. The number of nitrogens with one attached hydrogen (secondary N) is 2. The van der Waals surface area contributed by atoms with E-state index >= 15 is 0 Å². The standard InChI is InChI=1S/C17H28N4O2/c1-5-18-17(19-10-13(2)12-22)20-11-14-6-8-15(9-7-14)16(23)21(3)4/h6-9,13,22H,5,10-12H2,1-4H3,(H2,18,19,20). The van der Waals surface area contributed by atoms with Crippen molar-refractivity contribution in [3.63, 3.8) is 0 Å². The third kappa shape index (κ3) is 6.69. The summed E-state index contributed by atoms with van der Waals surface area (Å²) in [4.78, 5) is 17.9. The number of aliphatic hydroxyl groups excluding tert-OH is 1. The van der Waals surface area contributed by atoms with Crippen LogP contribution in [-0.2, 0) is 6.54 Å². The number of carbonyl (C=O) groups is 1. The first-order valence-corrected chi connectivity index (χ1v) is 7.91. The number of hydrogen-bond acceptors (Lipinski definition) is 3. The molecular weight excluding hydrogens is 292 g/mol. The molecule has 0 saturated heterocycles. The average molecular weight is 320 g/mol. The second kappa shape index (κ2) is 9.84. The normalized spacial score (nSPS) is 12.7. The van der Waals surface area contributed by atoms with Crippen molar-refractivity contribution in [2.24, 2.45) is 10.9 Å². The van der Waals surface area contributed by atoms with Gasteiger partial charge in [-0.25, -0.2) is 4.99 Å². The van der Waals surface area contributed by atoms with Crippen molar-refractivity contribution >= 4 is 11.9 Å². The molecule has 6 heteroatoms. The molecule has 0 aliphatic rings. The first-order valence-electron chi connectivity index (χ1n) is 7.91. The van der Waals surface area contributed by atoms with Gasteiger partial charge in [0.1, 0.15) is 0 Å². The molecule has 0 aliphatic heterocycles. The van der Waals surface area contributed by atoms with Crippen molar-refractivity contribution in [3.8, 4) is 0 Å². The molecule has 0 aliphatic carbocycles. The molecule has 1 unspecified atom stereocenters. The lowest BCUT2D eigenvalue weighted by Crippen LogP contribution is -2.39. The topological polar surface area (TPSA) is 77.0 Å². The minimum atomic E-state index is -0.00644. The van der Waals surface area contributed by atoms with Gasteiger partial charge in [-0.15, -0.1) is 0 Å². The van der Waals surface area contributed by atoms with Gasteiger partial charge in [-0.1, -0.05) is 19.1 Å². The van der Waals surface area contributed by atoms with E-state index in [1.165, 1.54) is 0 Å². The van der Waals surface area contributed by atoms with Gasteiger partial charge in [0.2, 0.25) is 0 Å². The second-order valence-corrected chi connectivity index (χ2v) is 5.76. The molecule has 0 radical (unpaired) electrons. The Morgan fingerprint density at radius 3 is 2.43 bits per heavy atom. The molecule has 1 aromatic rings. The van der Waals surface area contributed by atoms with Gasteiger partial charge in [0.25, 0.3) is 5.91 Å². The zero-order chi connectivity index (χ0) is 17.2. The van der Waals surface area contributed by atoms with E-state index in [1.54, 1.807) is 19.0 Å². The molecule has 1 amide bonds. The molecule has 23 heavy (non-hydrogen) atoms. The lowest BCUT2D eigenvalue weighted by Gasteiger charge is -2.14. The zero-order valence-corrected chi connectivity index (χ0v) is 14.5. The predicted octanol–water partition coefficient (Wildman–Crippen LogP) is 1.07. The van der Waals surface area contributed by atoms with E-state index in [9.17, 15) is 4.79 Å². The van der Waals surface area contributed by atoms with E-state index in [4.69, 9.17) is 5.11 Å². The molecule has 1 aromatic carbocycles. The Morgan fingerprint density at radius 1 is 1.26 bits per heavy atom. The summed E-state index contributed by atoms with van der Waals surface area (Å²) in [6.45, 7) is 6.09. The molecule has 0 aromatic heterocycles. The maximum atomic E-state index is 11.8. The largest absolute Gasteiger partial charge is 0.396 e. The first-order chi connectivity index (χ1) is 11.0. The number of nitrogens with zero attached hydrogens (tertiary/aromatic N) is 2. The van der Waals surface area contributed by atoms with Gasteiger partial charge in [0, 0.05) is 39.4 Å². The van der Waals surface area contributed by atoms with Crippen LogP contribution in [0.3, 0.4) is 0 Å². The fourth-order valence-electron chi connectivity index (χ4n) is 1.86. The molecule has 1 atom stereocenters. The predicted molar refractivity (Wildman–Crippen MR) is 93.5 cm³/mol. The lowest BCUT2D eigenvalue weighted by molar-refractivity contribution is 0.0827. The minimum absolute atomic E-state index is 0.00644. The van der Waals surface area contributed by atoms with Crippen LogP contribution in [0, 0.1) is 5.92 Å². The van der Waals surface area contributed by atoms with E-state index in [-0.39, 0.29) is 18.4 Å². The number of hydrogen-bond donors (Lipinski definition) is 3. The number of aliphatic hydroxyl groups is 1. The summed E-state index contributed by atoms with van der Waals surface area (Å²) in [5, 5.41) is 15.4. The van der Waals surface area contributed by atoms with Gasteiger partial charge in [0.15, 0.2) is 5.96 Å². The van der Waals surface area contributed by atoms with Crippen LogP contribution in [-0.4, -0.2) is 55.7 Å². The van der Waals surface area contributed by atoms with E-state index in [0.29, 0.717) is 18.7 Å². The van der Waals surface area contributed by atoms with E-state index in [0.717, 1.165) is 18.1 Å². The van der Waals surface area contributed by atoms with Crippen molar-refractivity contribution < 1.29 is 9.90 Å². The highest BCUT2D eigenvalue weighted by atomic mass is 16.3. The van der Waals surface area contributed by atoms with Crippen LogP contribution in [0.2, 0.25) is 0 Å². The maximum Gasteiger partial charge on any atom is 0.253 e.